The third-order valence-electron chi connectivity index (χ3n) is 3.85. The SMILES string of the molecule is CCCCCCCCOc1ccc([I-]c2ccc(OC)cc2)cc1. The van der Waals surface area contributed by atoms with E-state index in [0.29, 0.717) is 0 Å². The first-order valence-electron chi connectivity index (χ1n) is 8.83. The molecular formula is C21H28IO2-. The van der Waals surface area contributed by atoms with Gasteiger partial charge in [0.1, 0.15) is 0 Å². The van der Waals surface area contributed by atoms with Gasteiger partial charge in [-0.05, 0) is 0 Å². The number of rotatable bonds is 11. The second-order valence-electron chi connectivity index (χ2n) is 5.82. The number of ether oxygens (including phenoxy) is 2. The second-order valence-corrected chi connectivity index (χ2v) is 8.85. The van der Waals surface area contributed by atoms with E-state index in [1.165, 1.54) is 39.2 Å². The van der Waals surface area contributed by atoms with Gasteiger partial charge >= 0.3 is 150 Å². The van der Waals surface area contributed by atoms with Crippen LogP contribution in [0.1, 0.15) is 45.4 Å². The Balaban J connectivity index is 1.70. The molecule has 0 fully saturated rings. The van der Waals surface area contributed by atoms with Gasteiger partial charge in [0.15, 0.2) is 0 Å². The van der Waals surface area contributed by atoms with E-state index in [4.69, 9.17) is 9.47 Å². The molecule has 0 saturated heterocycles. The van der Waals surface area contributed by atoms with E-state index < -0.39 is 0 Å². The maximum atomic E-state index is 5.84. The van der Waals surface area contributed by atoms with Crippen molar-refractivity contribution in [3.8, 4) is 11.5 Å². The van der Waals surface area contributed by atoms with Crippen LogP contribution in [0.25, 0.3) is 0 Å². The summed E-state index contributed by atoms with van der Waals surface area (Å²) in [6.07, 6.45) is 7.80. The fraction of sp³-hybridized carbons (Fsp3) is 0.429. The average molecular weight is 439 g/mol. The van der Waals surface area contributed by atoms with Crippen LogP contribution >= 0.6 is 0 Å². The van der Waals surface area contributed by atoms with E-state index in [2.05, 4.69) is 43.3 Å². The summed E-state index contributed by atoms with van der Waals surface area (Å²) >= 11 is -0.139. The first-order valence-corrected chi connectivity index (χ1v) is 11.0. The van der Waals surface area contributed by atoms with Crippen LogP contribution in [0.5, 0.6) is 11.5 Å². The summed E-state index contributed by atoms with van der Waals surface area (Å²) in [6, 6.07) is 17.0. The molecule has 2 nitrogen and oxygen atoms in total. The van der Waals surface area contributed by atoms with E-state index in [1.54, 1.807) is 7.11 Å². The minimum atomic E-state index is -0.139. The summed E-state index contributed by atoms with van der Waals surface area (Å²) in [5.41, 5.74) is 0. The summed E-state index contributed by atoms with van der Waals surface area (Å²) < 4.78 is 13.9. The van der Waals surface area contributed by atoms with Gasteiger partial charge in [-0.15, -0.1) is 0 Å². The molecule has 0 aliphatic rings. The van der Waals surface area contributed by atoms with Crippen LogP contribution in [0, 0.1) is 7.14 Å². The normalized spacial score (nSPS) is 10.8. The molecule has 0 atom stereocenters. The number of hydrogen-bond acceptors (Lipinski definition) is 2. The Morgan fingerprint density at radius 3 is 1.83 bits per heavy atom. The molecule has 0 heterocycles. The summed E-state index contributed by atoms with van der Waals surface area (Å²) in [4.78, 5) is 0. The fourth-order valence-corrected chi connectivity index (χ4v) is 4.58. The van der Waals surface area contributed by atoms with E-state index in [9.17, 15) is 0 Å². The zero-order valence-corrected chi connectivity index (χ0v) is 16.9. The van der Waals surface area contributed by atoms with Crippen LogP contribution in [0.15, 0.2) is 48.5 Å². The number of methoxy groups -OCH3 is 1. The van der Waals surface area contributed by atoms with E-state index >= 15 is 0 Å². The standard InChI is InChI=1S/C21H28IO2/c1-3-4-5-6-7-8-17-24-21-15-11-19(12-16-21)22-18-9-13-20(23-2)14-10-18/h9-16H,3-8,17H2,1-2H3/q-1. The van der Waals surface area contributed by atoms with Crippen molar-refractivity contribution in [3.63, 3.8) is 0 Å². The molecule has 0 unspecified atom stereocenters. The molecular weight excluding hydrogens is 411 g/mol. The van der Waals surface area contributed by atoms with Crippen LogP contribution in [0.2, 0.25) is 0 Å². The molecule has 2 aromatic carbocycles. The molecule has 0 aliphatic carbocycles. The Morgan fingerprint density at radius 1 is 0.708 bits per heavy atom. The first-order chi connectivity index (χ1) is 11.8. The van der Waals surface area contributed by atoms with Crippen LogP contribution in [-0.2, 0) is 0 Å². The third kappa shape index (κ3) is 7.12. The Kier molecular flexibility index (Phi) is 9.03. The molecule has 0 N–H and O–H groups in total. The van der Waals surface area contributed by atoms with Crippen molar-refractivity contribution < 1.29 is 30.7 Å². The number of hydrogen-bond donors (Lipinski definition) is 0. The van der Waals surface area contributed by atoms with Crippen molar-refractivity contribution in [1.82, 2.24) is 0 Å². The molecule has 2 rings (SSSR count). The zero-order chi connectivity index (χ0) is 17.0. The van der Waals surface area contributed by atoms with E-state index in [1.807, 2.05) is 12.1 Å². The van der Waals surface area contributed by atoms with Gasteiger partial charge in [-0.2, -0.15) is 0 Å². The number of benzene rings is 2. The molecule has 0 saturated carbocycles. The Morgan fingerprint density at radius 2 is 1.25 bits per heavy atom. The van der Waals surface area contributed by atoms with Gasteiger partial charge in [-0.1, -0.05) is 6.92 Å². The van der Waals surface area contributed by atoms with Gasteiger partial charge in [-0.25, -0.2) is 0 Å². The quantitative estimate of drug-likeness (QED) is 0.396. The minimum absolute atomic E-state index is 0.139. The number of halogens is 1. The van der Waals surface area contributed by atoms with Crippen LogP contribution in [-0.4, -0.2) is 13.7 Å². The summed E-state index contributed by atoms with van der Waals surface area (Å²) in [5.74, 6) is 1.91. The monoisotopic (exact) mass is 439 g/mol. The van der Waals surface area contributed by atoms with Crippen LogP contribution in [0.3, 0.4) is 0 Å². The summed E-state index contributed by atoms with van der Waals surface area (Å²) in [5, 5.41) is 0. The van der Waals surface area contributed by atoms with Gasteiger partial charge in [0, 0.05) is 0 Å². The molecule has 3 heteroatoms. The van der Waals surface area contributed by atoms with Crippen LogP contribution < -0.4 is 30.7 Å². The Labute approximate surface area is 156 Å². The molecule has 0 amide bonds. The molecule has 2 aromatic rings. The zero-order valence-electron chi connectivity index (χ0n) is 14.8. The van der Waals surface area contributed by atoms with Gasteiger partial charge in [0.05, 0.1) is 0 Å². The van der Waals surface area contributed by atoms with Crippen LogP contribution in [0.4, 0.5) is 0 Å². The third-order valence-corrected chi connectivity index (χ3v) is 6.53. The first kappa shape index (κ1) is 19.1. The molecule has 0 radical (unpaired) electrons. The second kappa shape index (κ2) is 11.3. The Hall–Kier alpha value is -1.23. The van der Waals surface area contributed by atoms with Gasteiger partial charge < -0.3 is 0 Å². The van der Waals surface area contributed by atoms with Gasteiger partial charge in [0.2, 0.25) is 0 Å². The van der Waals surface area contributed by atoms with Gasteiger partial charge in [-0.3, -0.25) is 0 Å². The van der Waals surface area contributed by atoms with Crippen molar-refractivity contribution in [2.45, 2.75) is 45.4 Å². The molecule has 0 aliphatic heterocycles. The molecule has 0 spiro atoms. The van der Waals surface area contributed by atoms with E-state index in [-0.39, 0.29) is 21.2 Å². The molecule has 24 heavy (non-hydrogen) atoms. The fourth-order valence-electron chi connectivity index (χ4n) is 2.43. The van der Waals surface area contributed by atoms with Crippen molar-refractivity contribution >= 4 is 0 Å². The van der Waals surface area contributed by atoms with Crippen molar-refractivity contribution in [2.75, 3.05) is 13.7 Å². The van der Waals surface area contributed by atoms with Crippen molar-refractivity contribution in [1.29, 1.82) is 0 Å². The van der Waals surface area contributed by atoms with E-state index in [0.717, 1.165) is 24.5 Å². The van der Waals surface area contributed by atoms with Crippen molar-refractivity contribution in [3.05, 3.63) is 55.7 Å². The average Bonchev–Trinajstić information content (AvgIpc) is 2.63. The predicted molar refractivity (Wildman–Crippen MR) is 95.7 cm³/mol. The number of unbranched alkanes of at least 4 members (excludes halogenated alkanes) is 5. The molecule has 0 aromatic heterocycles. The molecule has 132 valence electrons. The summed E-state index contributed by atoms with van der Waals surface area (Å²) in [6.45, 7) is 3.09. The topological polar surface area (TPSA) is 18.5 Å². The molecule has 0 bridgehead atoms. The summed E-state index contributed by atoms with van der Waals surface area (Å²) in [7, 11) is 1.70. The van der Waals surface area contributed by atoms with Gasteiger partial charge in [0.25, 0.3) is 0 Å². The Bertz CT molecular complexity index is 563. The van der Waals surface area contributed by atoms with Crippen molar-refractivity contribution in [2.24, 2.45) is 0 Å². The predicted octanol–water partition coefficient (Wildman–Crippen LogP) is 2.56. The maximum absolute atomic E-state index is 5.84.